The summed E-state index contributed by atoms with van der Waals surface area (Å²) in [5.41, 5.74) is 3.28. The third-order valence-corrected chi connectivity index (χ3v) is 3.85. The minimum Gasteiger partial charge on any atom is -0.457 e. The van der Waals surface area contributed by atoms with Crippen molar-refractivity contribution in [2.24, 2.45) is 0 Å². The summed E-state index contributed by atoms with van der Waals surface area (Å²) < 4.78 is 6.08. The second-order valence-corrected chi connectivity index (χ2v) is 5.05. The predicted octanol–water partition coefficient (Wildman–Crippen LogP) is 3.90. The second-order valence-electron chi connectivity index (χ2n) is 4.33. The quantitative estimate of drug-likeness (QED) is 0.796. The molecule has 3 nitrogen and oxygen atoms in total. The van der Waals surface area contributed by atoms with E-state index in [9.17, 15) is 0 Å². The molecule has 0 aliphatic carbocycles. The van der Waals surface area contributed by atoms with Crippen LogP contribution in [0.2, 0.25) is 0 Å². The number of halogens is 1. The molecule has 1 atom stereocenters. The van der Waals surface area contributed by atoms with Crippen molar-refractivity contribution < 1.29 is 4.42 Å². The van der Waals surface area contributed by atoms with E-state index in [0.717, 1.165) is 21.1 Å². The normalized spacial score (nSPS) is 12.7. The van der Waals surface area contributed by atoms with Crippen LogP contribution in [0.1, 0.15) is 17.2 Å². The van der Waals surface area contributed by atoms with Crippen molar-refractivity contribution >= 4 is 26.8 Å². The molecule has 19 heavy (non-hydrogen) atoms. The Hall–Kier alpha value is -1.65. The zero-order chi connectivity index (χ0) is 13.2. The molecule has 0 amide bonds. The summed E-state index contributed by atoms with van der Waals surface area (Å²) in [5, 5.41) is 4.45. The van der Waals surface area contributed by atoms with E-state index in [-0.39, 0.29) is 6.04 Å². The number of fused-ring (bicyclic) bond motifs is 1. The van der Waals surface area contributed by atoms with Crippen LogP contribution in [-0.2, 0) is 0 Å². The lowest BCUT2D eigenvalue weighted by Crippen LogP contribution is -2.17. The van der Waals surface area contributed by atoms with Gasteiger partial charge in [0.05, 0.1) is 17.8 Å². The summed E-state index contributed by atoms with van der Waals surface area (Å²) in [4.78, 5) is 4.34. The van der Waals surface area contributed by atoms with E-state index >= 15 is 0 Å². The summed E-state index contributed by atoms with van der Waals surface area (Å²) in [7, 11) is 1.94. The van der Waals surface area contributed by atoms with Crippen LogP contribution >= 0.6 is 15.9 Å². The van der Waals surface area contributed by atoms with Crippen molar-refractivity contribution in [3.05, 3.63) is 64.7 Å². The fourth-order valence-electron chi connectivity index (χ4n) is 2.29. The smallest absolute Gasteiger partial charge is 0.174 e. The van der Waals surface area contributed by atoms with Gasteiger partial charge in [0.2, 0.25) is 0 Å². The number of furan rings is 1. The van der Waals surface area contributed by atoms with E-state index in [0.29, 0.717) is 0 Å². The van der Waals surface area contributed by atoms with Crippen LogP contribution in [0.5, 0.6) is 0 Å². The monoisotopic (exact) mass is 316 g/mol. The Morgan fingerprint density at radius 2 is 2.16 bits per heavy atom. The lowest BCUT2D eigenvalue weighted by Gasteiger charge is -2.16. The Bertz CT molecular complexity index is 708. The van der Waals surface area contributed by atoms with Gasteiger partial charge in [0, 0.05) is 17.1 Å². The number of aromatic nitrogens is 1. The number of nitrogens with one attached hydrogen (secondary N) is 1. The fraction of sp³-hybridized carbons (Fsp3) is 0.133. The van der Waals surface area contributed by atoms with Crippen molar-refractivity contribution in [2.75, 3.05) is 7.05 Å². The van der Waals surface area contributed by atoms with E-state index in [1.54, 1.807) is 6.26 Å². The van der Waals surface area contributed by atoms with Crippen molar-refractivity contribution in [1.29, 1.82) is 0 Å². The van der Waals surface area contributed by atoms with Crippen LogP contribution in [-0.4, -0.2) is 12.0 Å². The first kappa shape index (κ1) is 12.4. The molecular weight excluding hydrogens is 304 g/mol. The van der Waals surface area contributed by atoms with Gasteiger partial charge in [-0.15, -0.1) is 0 Å². The number of hydrogen-bond acceptors (Lipinski definition) is 3. The number of benzene rings is 1. The molecule has 1 aromatic carbocycles. The fourth-order valence-corrected chi connectivity index (χ4v) is 2.75. The van der Waals surface area contributed by atoms with E-state index in [1.165, 1.54) is 5.56 Å². The number of pyridine rings is 1. The zero-order valence-corrected chi connectivity index (χ0v) is 12.0. The average Bonchev–Trinajstić information content (AvgIpc) is 2.86. The van der Waals surface area contributed by atoms with Crippen LogP contribution in [0, 0.1) is 0 Å². The molecule has 2 aromatic heterocycles. The number of rotatable bonds is 3. The predicted molar refractivity (Wildman–Crippen MR) is 79.1 cm³/mol. The number of hydrogen-bond donors (Lipinski definition) is 1. The van der Waals surface area contributed by atoms with E-state index in [4.69, 9.17) is 4.42 Å². The average molecular weight is 317 g/mol. The van der Waals surface area contributed by atoms with Crippen LogP contribution in [0.3, 0.4) is 0 Å². The molecule has 0 saturated heterocycles. The third-order valence-electron chi connectivity index (χ3n) is 3.21. The van der Waals surface area contributed by atoms with Crippen LogP contribution in [0.4, 0.5) is 0 Å². The van der Waals surface area contributed by atoms with Crippen molar-refractivity contribution in [3.8, 4) is 0 Å². The Labute approximate surface area is 119 Å². The number of nitrogens with zero attached hydrogens (tertiary/aromatic N) is 1. The van der Waals surface area contributed by atoms with Gasteiger partial charge in [0.15, 0.2) is 4.67 Å². The van der Waals surface area contributed by atoms with Gasteiger partial charge in [-0.2, -0.15) is 0 Å². The first-order valence-corrected chi connectivity index (χ1v) is 6.84. The first-order chi connectivity index (χ1) is 9.29. The standard InChI is InChI=1S/C15H13BrN2O/c1-17-14(12-6-8-19-15(12)16)11-4-5-13-10(9-11)3-2-7-18-13/h2-9,14,17H,1H3. The van der Waals surface area contributed by atoms with Gasteiger partial charge in [-0.05, 0) is 52.8 Å². The van der Waals surface area contributed by atoms with Crippen LogP contribution in [0.15, 0.2) is 57.9 Å². The molecule has 3 rings (SSSR count). The van der Waals surface area contributed by atoms with E-state index in [1.807, 2.05) is 31.4 Å². The molecule has 0 bridgehead atoms. The molecular formula is C15H13BrN2O. The SMILES string of the molecule is CNC(c1ccc2ncccc2c1)c1ccoc1Br. The zero-order valence-electron chi connectivity index (χ0n) is 10.4. The molecule has 0 radical (unpaired) electrons. The Morgan fingerprint density at radius 3 is 2.89 bits per heavy atom. The lowest BCUT2D eigenvalue weighted by molar-refractivity contribution is 0.530. The third kappa shape index (κ3) is 2.29. The van der Waals surface area contributed by atoms with Gasteiger partial charge in [-0.1, -0.05) is 12.1 Å². The van der Waals surface area contributed by atoms with Gasteiger partial charge in [0.1, 0.15) is 0 Å². The maximum atomic E-state index is 5.32. The first-order valence-electron chi connectivity index (χ1n) is 6.04. The molecule has 0 spiro atoms. The van der Waals surface area contributed by atoms with E-state index in [2.05, 4.69) is 44.4 Å². The minimum atomic E-state index is 0.0951. The second kappa shape index (κ2) is 5.15. The summed E-state index contributed by atoms with van der Waals surface area (Å²) >= 11 is 3.44. The Kier molecular flexibility index (Phi) is 3.36. The highest BCUT2D eigenvalue weighted by Crippen LogP contribution is 2.30. The highest BCUT2D eigenvalue weighted by atomic mass is 79.9. The summed E-state index contributed by atoms with van der Waals surface area (Å²) in [5.74, 6) is 0. The highest BCUT2D eigenvalue weighted by molar-refractivity contribution is 9.10. The Morgan fingerprint density at radius 1 is 1.26 bits per heavy atom. The molecule has 0 aliphatic heterocycles. The molecule has 1 unspecified atom stereocenters. The lowest BCUT2D eigenvalue weighted by atomic mass is 9.99. The van der Waals surface area contributed by atoms with Crippen LogP contribution in [0.25, 0.3) is 10.9 Å². The van der Waals surface area contributed by atoms with Crippen molar-refractivity contribution in [2.45, 2.75) is 6.04 Å². The molecule has 0 saturated carbocycles. The molecule has 4 heteroatoms. The van der Waals surface area contributed by atoms with Crippen molar-refractivity contribution in [1.82, 2.24) is 10.3 Å². The van der Waals surface area contributed by atoms with Crippen molar-refractivity contribution in [3.63, 3.8) is 0 Å². The van der Waals surface area contributed by atoms with Gasteiger partial charge >= 0.3 is 0 Å². The van der Waals surface area contributed by atoms with Gasteiger partial charge in [-0.25, -0.2) is 0 Å². The maximum absolute atomic E-state index is 5.32. The van der Waals surface area contributed by atoms with E-state index < -0.39 is 0 Å². The molecule has 0 aliphatic rings. The van der Waals surface area contributed by atoms with Gasteiger partial charge < -0.3 is 9.73 Å². The molecule has 0 fully saturated rings. The largest absolute Gasteiger partial charge is 0.457 e. The molecule has 1 N–H and O–H groups in total. The summed E-state index contributed by atoms with van der Waals surface area (Å²) in [6.07, 6.45) is 3.50. The minimum absolute atomic E-state index is 0.0951. The molecule has 2 heterocycles. The van der Waals surface area contributed by atoms with Crippen LogP contribution < -0.4 is 5.32 Å². The maximum Gasteiger partial charge on any atom is 0.174 e. The summed E-state index contributed by atoms with van der Waals surface area (Å²) in [6, 6.07) is 12.4. The Balaban J connectivity index is 2.09. The molecule has 96 valence electrons. The topological polar surface area (TPSA) is 38.1 Å². The van der Waals surface area contributed by atoms with Gasteiger partial charge in [-0.3, -0.25) is 4.98 Å². The molecule has 3 aromatic rings. The summed E-state index contributed by atoms with van der Waals surface area (Å²) in [6.45, 7) is 0. The van der Waals surface area contributed by atoms with Gasteiger partial charge in [0.25, 0.3) is 0 Å². The highest BCUT2D eigenvalue weighted by Gasteiger charge is 2.17.